The molecule has 7 nitrogen and oxygen atoms in total. The molecule has 0 unspecified atom stereocenters. The van der Waals surface area contributed by atoms with Gasteiger partial charge in [-0.15, -0.1) is 11.0 Å². The van der Waals surface area contributed by atoms with Gasteiger partial charge in [-0.05, 0) is 46.5 Å². The largest absolute Gasteiger partial charge is 0.349 e. The van der Waals surface area contributed by atoms with E-state index in [1.807, 2.05) is 27.7 Å². The smallest absolute Gasteiger partial charge is 0.164 e. The maximum atomic E-state index is 11.2. The van der Waals surface area contributed by atoms with Gasteiger partial charge < -0.3 is 28.9 Å². The number of hydrogen-bond donors (Lipinski definition) is 1. The van der Waals surface area contributed by atoms with Gasteiger partial charge in [0.1, 0.15) is 24.4 Å². The van der Waals surface area contributed by atoms with Crippen LogP contribution in [0.25, 0.3) is 0 Å². The van der Waals surface area contributed by atoms with E-state index in [4.69, 9.17) is 23.7 Å². The van der Waals surface area contributed by atoms with Crippen molar-refractivity contribution >= 4 is 0 Å². The van der Waals surface area contributed by atoms with Crippen LogP contribution < -0.4 is 0 Å². The van der Waals surface area contributed by atoms with Crippen molar-refractivity contribution in [3.63, 3.8) is 0 Å². The fraction of sp³-hybridized carbons (Fsp3) is 0.913. The number of rotatable bonds is 7. The first-order valence-electron chi connectivity index (χ1n) is 11.3. The van der Waals surface area contributed by atoms with E-state index < -0.39 is 30.0 Å². The first-order chi connectivity index (χ1) is 14.0. The lowest BCUT2D eigenvalue weighted by Gasteiger charge is -2.32. The molecule has 3 rings (SSSR count). The molecular formula is C23H39NO6. The topological polar surface area (TPSA) is 69.6 Å². The highest BCUT2D eigenvalue weighted by Crippen LogP contribution is 2.43. The van der Waals surface area contributed by atoms with E-state index in [0.717, 1.165) is 25.7 Å². The molecule has 30 heavy (non-hydrogen) atoms. The van der Waals surface area contributed by atoms with Crippen LogP contribution in [0.4, 0.5) is 0 Å². The van der Waals surface area contributed by atoms with E-state index in [-0.39, 0.29) is 18.2 Å². The van der Waals surface area contributed by atoms with Crippen molar-refractivity contribution in [3.8, 4) is 11.8 Å². The quantitative estimate of drug-likeness (QED) is 0.379. The van der Waals surface area contributed by atoms with Gasteiger partial charge in [-0.3, -0.25) is 0 Å². The third-order valence-electron chi connectivity index (χ3n) is 5.66. The van der Waals surface area contributed by atoms with Gasteiger partial charge in [0.25, 0.3) is 0 Å². The Morgan fingerprint density at radius 1 is 1.03 bits per heavy atom. The van der Waals surface area contributed by atoms with E-state index in [2.05, 4.69) is 32.6 Å². The molecule has 0 radical (unpaired) electrons. The summed E-state index contributed by atoms with van der Waals surface area (Å²) in [5.74, 6) is 5.43. The summed E-state index contributed by atoms with van der Waals surface area (Å²) in [6.45, 7) is 14.3. The van der Waals surface area contributed by atoms with Crippen LogP contribution in [0.5, 0.6) is 0 Å². The van der Waals surface area contributed by atoms with Gasteiger partial charge in [0, 0.05) is 6.42 Å². The van der Waals surface area contributed by atoms with Crippen LogP contribution in [0, 0.1) is 17.8 Å². The zero-order chi connectivity index (χ0) is 22.1. The SMILES string of the molecule is CCCCC#C[C@@H](CC(C)C)N(O)[C@@H]1O[C@H]([C@H]2COC(C)(C)O2)[C@@H]2OC(C)(C)O[C@@H]21. The van der Waals surface area contributed by atoms with Crippen molar-refractivity contribution in [3.05, 3.63) is 0 Å². The van der Waals surface area contributed by atoms with Crippen LogP contribution in [0.3, 0.4) is 0 Å². The number of ether oxygens (including phenoxy) is 5. The molecule has 0 aliphatic carbocycles. The summed E-state index contributed by atoms with van der Waals surface area (Å²) in [6, 6.07) is -0.337. The van der Waals surface area contributed by atoms with Gasteiger partial charge in [-0.25, -0.2) is 0 Å². The Labute approximate surface area is 181 Å². The zero-order valence-electron chi connectivity index (χ0n) is 19.5. The molecule has 0 aromatic rings. The standard InChI is InChI=1S/C23H39NO6/c1-8-9-10-11-12-16(13-15(2)3)24(25)21-20-19(29-23(6,7)30-20)18(27-21)17-14-26-22(4,5)28-17/h15-21,25H,8-10,13-14H2,1-7H3/t16-,17+,18+,19-,20-,21+/m0/s1. The molecule has 6 atom stereocenters. The highest BCUT2D eigenvalue weighted by atomic mass is 16.8. The average molecular weight is 426 g/mol. The monoisotopic (exact) mass is 425 g/mol. The molecule has 3 aliphatic heterocycles. The number of fused-ring (bicyclic) bond motifs is 1. The molecule has 3 fully saturated rings. The Bertz CT molecular complexity index is 639. The molecule has 0 aromatic heterocycles. The summed E-state index contributed by atoms with van der Waals surface area (Å²) in [5, 5.41) is 12.4. The van der Waals surface area contributed by atoms with E-state index in [9.17, 15) is 5.21 Å². The molecule has 3 saturated heterocycles. The maximum absolute atomic E-state index is 11.2. The minimum Gasteiger partial charge on any atom is -0.349 e. The second-order valence-corrected chi connectivity index (χ2v) is 9.87. The Morgan fingerprint density at radius 2 is 1.73 bits per heavy atom. The lowest BCUT2D eigenvalue weighted by molar-refractivity contribution is -0.278. The number of nitrogens with zero attached hydrogens (tertiary/aromatic N) is 1. The molecule has 3 heterocycles. The molecule has 3 aliphatic rings. The number of hydroxylamine groups is 2. The molecular weight excluding hydrogens is 386 g/mol. The van der Waals surface area contributed by atoms with E-state index in [0.29, 0.717) is 12.5 Å². The van der Waals surface area contributed by atoms with Crippen LogP contribution >= 0.6 is 0 Å². The first-order valence-corrected chi connectivity index (χ1v) is 11.3. The van der Waals surface area contributed by atoms with Gasteiger partial charge in [-0.2, -0.15) is 0 Å². The fourth-order valence-corrected chi connectivity index (χ4v) is 4.31. The number of hydrogen-bond acceptors (Lipinski definition) is 7. The molecule has 7 heteroatoms. The van der Waals surface area contributed by atoms with Crippen molar-refractivity contribution in [2.75, 3.05) is 6.61 Å². The second kappa shape index (κ2) is 9.41. The van der Waals surface area contributed by atoms with E-state index in [1.165, 1.54) is 5.06 Å². The Hall–Kier alpha value is -0.720. The zero-order valence-corrected chi connectivity index (χ0v) is 19.5. The molecule has 0 bridgehead atoms. The number of unbranched alkanes of at least 4 members (excludes halogenated alkanes) is 2. The highest BCUT2D eigenvalue weighted by molar-refractivity contribution is 5.10. The Balaban J connectivity index is 1.79. The van der Waals surface area contributed by atoms with E-state index >= 15 is 0 Å². The normalized spacial score (nSPS) is 35.5. The molecule has 0 amide bonds. The van der Waals surface area contributed by atoms with Gasteiger partial charge in [-0.1, -0.05) is 33.1 Å². The molecule has 172 valence electrons. The minimum atomic E-state index is -0.758. The summed E-state index contributed by atoms with van der Waals surface area (Å²) in [6.07, 6.45) is 1.56. The second-order valence-electron chi connectivity index (χ2n) is 9.87. The summed E-state index contributed by atoms with van der Waals surface area (Å²) < 4.78 is 30.4. The summed E-state index contributed by atoms with van der Waals surface area (Å²) >= 11 is 0. The van der Waals surface area contributed by atoms with Crippen LogP contribution in [0.15, 0.2) is 0 Å². The van der Waals surface area contributed by atoms with Gasteiger partial charge >= 0.3 is 0 Å². The summed E-state index contributed by atoms with van der Waals surface area (Å²) in [5.41, 5.74) is 0. The van der Waals surface area contributed by atoms with E-state index in [1.54, 1.807) is 0 Å². The highest BCUT2D eigenvalue weighted by Gasteiger charge is 2.60. The van der Waals surface area contributed by atoms with Crippen LogP contribution in [-0.2, 0) is 23.7 Å². The lowest BCUT2D eigenvalue weighted by Crippen LogP contribution is -2.47. The maximum Gasteiger partial charge on any atom is 0.164 e. The summed E-state index contributed by atoms with van der Waals surface area (Å²) in [4.78, 5) is 0. The Morgan fingerprint density at radius 3 is 2.33 bits per heavy atom. The molecule has 1 N–H and O–H groups in total. The fourth-order valence-electron chi connectivity index (χ4n) is 4.31. The minimum absolute atomic E-state index is 0.289. The third-order valence-corrected chi connectivity index (χ3v) is 5.66. The third kappa shape index (κ3) is 5.55. The van der Waals surface area contributed by atoms with Gasteiger partial charge in [0.15, 0.2) is 17.8 Å². The first kappa shape index (κ1) is 23.9. The average Bonchev–Trinajstić information content (AvgIpc) is 3.26. The molecule has 0 saturated carbocycles. The van der Waals surface area contributed by atoms with Gasteiger partial charge in [0.05, 0.1) is 12.6 Å². The van der Waals surface area contributed by atoms with Crippen molar-refractivity contribution < 1.29 is 28.9 Å². The van der Waals surface area contributed by atoms with Crippen LogP contribution in [0.2, 0.25) is 0 Å². The predicted octanol–water partition coefficient (Wildman–Crippen LogP) is 3.68. The molecule has 0 spiro atoms. The summed E-state index contributed by atoms with van der Waals surface area (Å²) in [7, 11) is 0. The van der Waals surface area contributed by atoms with Crippen molar-refractivity contribution in [2.24, 2.45) is 5.92 Å². The van der Waals surface area contributed by atoms with Crippen LogP contribution in [0.1, 0.15) is 74.1 Å². The Kier molecular flexibility index (Phi) is 7.51. The van der Waals surface area contributed by atoms with Crippen molar-refractivity contribution in [2.45, 2.75) is 122 Å². The van der Waals surface area contributed by atoms with Crippen molar-refractivity contribution in [1.82, 2.24) is 5.06 Å². The van der Waals surface area contributed by atoms with Gasteiger partial charge in [0.2, 0.25) is 0 Å². The predicted molar refractivity (Wildman–Crippen MR) is 112 cm³/mol. The van der Waals surface area contributed by atoms with Crippen LogP contribution in [-0.4, -0.2) is 65.1 Å². The lowest BCUT2D eigenvalue weighted by atomic mass is 10.0. The molecule has 0 aromatic carbocycles. The van der Waals surface area contributed by atoms with Crippen molar-refractivity contribution in [1.29, 1.82) is 0 Å².